The van der Waals surface area contributed by atoms with E-state index in [0.29, 0.717) is 47.3 Å². The number of halogens is 2. The van der Waals surface area contributed by atoms with Crippen LogP contribution in [0.5, 0.6) is 5.75 Å². The van der Waals surface area contributed by atoms with E-state index in [1.165, 1.54) is 0 Å². The van der Waals surface area contributed by atoms with Crippen molar-refractivity contribution in [2.45, 2.75) is 18.9 Å². The highest BCUT2D eigenvalue weighted by atomic mass is 35.5. The number of carbonyl (C=O) groups is 2. The topological polar surface area (TPSA) is 58.6 Å². The molecule has 2 amide bonds. The Morgan fingerprint density at radius 1 is 1.07 bits per heavy atom. The summed E-state index contributed by atoms with van der Waals surface area (Å²) in [6.07, 6.45) is 1.42. The van der Waals surface area contributed by atoms with Gasteiger partial charge in [-0.05, 0) is 37.1 Å². The number of amides is 2. The van der Waals surface area contributed by atoms with Gasteiger partial charge in [0.05, 0.1) is 5.02 Å². The number of piperidine rings is 1. The third-order valence-electron chi connectivity index (χ3n) is 4.46. The first-order chi connectivity index (χ1) is 13.0. The molecule has 0 aliphatic carbocycles. The normalized spacial score (nSPS) is 14.7. The first-order valence-corrected chi connectivity index (χ1v) is 9.50. The second kappa shape index (κ2) is 9.11. The largest absolute Gasteiger partial charge is 0.482 e. The number of nitrogens with zero attached hydrogens (tertiary/aromatic N) is 1. The van der Waals surface area contributed by atoms with Crippen molar-refractivity contribution in [1.82, 2.24) is 10.2 Å². The quantitative estimate of drug-likeness (QED) is 0.821. The summed E-state index contributed by atoms with van der Waals surface area (Å²) in [6.45, 7) is 1.05. The van der Waals surface area contributed by atoms with Gasteiger partial charge in [0.25, 0.3) is 11.8 Å². The summed E-state index contributed by atoms with van der Waals surface area (Å²) < 4.78 is 5.50. The molecule has 0 aromatic heterocycles. The summed E-state index contributed by atoms with van der Waals surface area (Å²) in [6, 6.07) is 14.0. The van der Waals surface area contributed by atoms with Crippen molar-refractivity contribution in [3.63, 3.8) is 0 Å². The van der Waals surface area contributed by atoms with E-state index in [2.05, 4.69) is 5.32 Å². The van der Waals surface area contributed by atoms with E-state index in [0.717, 1.165) is 0 Å². The average Bonchev–Trinajstić information content (AvgIpc) is 2.69. The lowest BCUT2D eigenvalue weighted by Gasteiger charge is -2.32. The third kappa shape index (κ3) is 5.37. The molecule has 1 saturated heterocycles. The Kier molecular flexibility index (Phi) is 6.58. The lowest BCUT2D eigenvalue weighted by Crippen LogP contribution is -2.47. The molecule has 2 aromatic carbocycles. The predicted octanol–water partition coefficient (Wildman–Crippen LogP) is 3.79. The van der Waals surface area contributed by atoms with Crippen LogP contribution in [0.1, 0.15) is 23.2 Å². The van der Waals surface area contributed by atoms with Gasteiger partial charge < -0.3 is 15.0 Å². The van der Waals surface area contributed by atoms with Gasteiger partial charge in [-0.2, -0.15) is 0 Å². The molecule has 142 valence electrons. The summed E-state index contributed by atoms with van der Waals surface area (Å²) in [5, 5.41) is 3.93. The number of benzene rings is 2. The van der Waals surface area contributed by atoms with Crippen molar-refractivity contribution in [3.05, 3.63) is 64.1 Å². The maximum absolute atomic E-state index is 12.4. The smallest absolute Gasteiger partial charge is 0.260 e. The Hall–Kier alpha value is -2.24. The zero-order chi connectivity index (χ0) is 19.2. The Morgan fingerprint density at radius 2 is 1.78 bits per heavy atom. The first-order valence-electron chi connectivity index (χ1n) is 8.74. The van der Waals surface area contributed by atoms with Gasteiger partial charge in [0.15, 0.2) is 6.61 Å². The number of ether oxygens (including phenoxy) is 1. The van der Waals surface area contributed by atoms with Crippen LogP contribution in [0, 0.1) is 0 Å². The molecule has 5 nitrogen and oxygen atoms in total. The van der Waals surface area contributed by atoms with Gasteiger partial charge in [-0.1, -0.05) is 41.4 Å². The Bertz CT molecular complexity index is 806. The number of hydrogen-bond donors (Lipinski definition) is 1. The van der Waals surface area contributed by atoms with Crippen LogP contribution in [0.3, 0.4) is 0 Å². The summed E-state index contributed by atoms with van der Waals surface area (Å²) >= 11 is 11.9. The van der Waals surface area contributed by atoms with Crippen LogP contribution in [0.15, 0.2) is 48.5 Å². The third-order valence-corrected chi connectivity index (χ3v) is 5.01. The maximum Gasteiger partial charge on any atom is 0.260 e. The highest BCUT2D eigenvalue weighted by Gasteiger charge is 2.24. The van der Waals surface area contributed by atoms with Crippen molar-refractivity contribution in [1.29, 1.82) is 0 Å². The molecule has 1 heterocycles. The lowest BCUT2D eigenvalue weighted by molar-refractivity contribution is -0.134. The molecule has 0 atom stereocenters. The van der Waals surface area contributed by atoms with Crippen molar-refractivity contribution in [2.24, 2.45) is 0 Å². The van der Waals surface area contributed by atoms with E-state index in [4.69, 9.17) is 27.9 Å². The second-order valence-corrected chi connectivity index (χ2v) is 7.20. The Labute approximate surface area is 168 Å². The maximum atomic E-state index is 12.4. The van der Waals surface area contributed by atoms with Gasteiger partial charge in [0, 0.05) is 35.8 Å². The molecule has 27 heavy (non-hydrogen) atoms. The fourth-order valence-electron chi connectivity index (χ4n) is 2.95. The fraction of sp³-hybridized carbons (Fsp3) is 0.300. The summed E-state index contributed by atoms with van der Waals surface area (Å²) in [5.74, 6) is 0.195. The zero-order valence-electron chi connectivity index (χ0n) is 14.7. The molecule has 0 saturated carbocycles. The van der Waals surface area contributed by atoms with Crippen LogP contribution in [0.25, 0.3) is 0 Å². The van der Waals surface area contributed by atoms with Gasteiger partial charge >= 0.3 is 0 Å². The molecule has 2 aromatic rings. The van der Waals surface area contributed by atoms with E-state index >= 15 is 0 Å². The molecule has 1 aliphatic rings. The van der Waals surface area contributed by atoms with Gasteiger partial charge in [-0.3, -0.25) is 9.59 Å². The summed E-state index contributed by atoms with van der Waals surface area (Å²) in [7, 11) is 0. The lowest BCUT2D eigenvalue weighted by atomic mass is 10.0. The predicted molar refractivity (Wildman–Crippen MR) is 105 cm³/mol. The van der Waals surface area contributed by atoms with E-state index < -0.39 is 0 Å². The molecule has 0 unspecified atom stereocenters. The second-order valence-electron chi connectivity index (χ2n) is 6.36. The minimum atomic E-state index is -0.112. The van der Waals surface area contributed by atoms with Crippen molar-refractivity contribution in [2.75, 3.05) is 19.7 Å². The zero-order valence-corrected chi connectivity index (χ0v) is 16.2. The Morgan fingerprint density at radius 3 is 2.48 bits per heavy atom. The van der Waals surface area contributed by atoms with Crippen molar-refractivity contribution in [3.8, 4) is 5.75 Å². The van der Waals surface area contributed by atoms with Crippen LogP contribution >= 0.6 is 23.2 Å². The van der Waals surface area contributed by atoms with Crippen LogP contribution < -0.4 is 10.1 Å². The van der Waals surface area contributed by atoms with Gasteiger partial charge in [-0.25, -0.2) is 0 Å². The van der Waals surface area contributed by atoms with E-state index in [9.17, 15) is 9.59 Å². The summed E-state index contributed by atoms with van der Waals surface area (Å²) in [4.78, 5) is 26.3. The molecule has 3 rings (SSSR count). The molecular formula is C20H20Cl2N2O3. The molecule has 1 fully saturated rings. The fourth-order valence-corrected chi connectivity index (χ4v) is 3.28. The SMILES string of the molecule is O=C(NC1CCN(C(=O)COc2cc(Cl)ccc2Cl)CC1)c1ccccc1. The average molecular weight is 407 g/mol. The van der Waals surface area contributed by atoms with Crippen LogP contribution in [-0.2, 0) is 4.79 Å². The molecule has 0 spiro atoms. The number of hydrogen-bond acceptors (Lipinski definition) is 3. The Balaban J connectivity index is 1.45. The minimum absolute atomic E-state index is 0.0602. The molecule has 1 N–H and O–H groups in total. The first kappa shape index (κ1) is 19.5. The number of nitrogens with one attached hydrogen (secondary N) is 1. The minimum Gasteiger partial charge on any atom is -0.482 e. The van der Waals surface area contributed by atoms with E-state index in [-0.39, 0.29) is 24.5 Å². The van der Waals surface area contributed by atoms with Gasteiger partial charge in [0.1, 0.15) is 5.75 Å². The van der Waals surface area contributed by atoms with E-state index in [1.54, 1.807) is 35.2 Å². The van der Waals surface area contributed by atoms with Crippen molar-refractivity contribution < 1.29 is 14.3 Å². The molecular weight excluding hydrogens is 387 g/mol. The highest BCUT2D eigenvalue weighted by Crippen LogP contribution is 2.27. The molecule has 0 bridgehead atoms. The monoisotopic (exact) mass is 406 g/mol. The molecule has 0 radical (unpaired) electrons. The van der Waals surface area contributed by atoms with Gasteiger partial charge in [-0.15, -0.1) is 0 Å². The molecule has 1 aliphatic heterocycles. The standard InChI is InChI=1S/C20H20Cl2N2O3/c21-15-6-7-17(22)18(12-15)27-13-19(25)24-10-8-16(9-11-24)23-20(26)14-4-2-1-3-5-14/h1-7,12,16H,8-11,13H2,(H,23,26). The number of carbonyl (C=O) groups excluding carboxylic acids is 2. The van der Waals surface area contributed by atoms with Crippen molar-refractivity contribution >= 4 is 35.0 Å². The number of rotatable bonds is 5. The molecule has 7 heteroatoms. The van der Waals surface area contributed by atoms with Crippen LogP contribution in [0.4, 0.5) is 0 Å². The van der Waals surface area contributed by atoms with E-state index in [1.807, 2.05) is 18.2 Å². The van der Waals surface area contributed by atoms with Gasteiger partial charge in [0.2, 0.25) is 0 Å². The van der Waals surface area contributed by atoms with Crippen LogP contribution in [0.2, 0.25) is 10.0 Å². The van der Waals surface area contributed by atoms with Crippen LogP contribution in [-0.4, -0.2) is 42.5 Å². The number of likely N-dealkylation sites (tertiary alicyclic amines) is 1. The highest BCUT2D eigenvalue weighted by molar-refractivity contribution is 6.34. The summed E-state index contributed by atoms with van der Waals surface area (Å²) in [5.41, 5.74) is 0.641.